The Morgan fingerprint density at radius 1 is 0.929 bits per heavy atom. The van der Waals surface area contributed by atoms with Crippen molar-refractivity contribution >= 4 is 34.0 Å². The summed E-state index contributed by atoms with van der Waals surface area (Å²) in [6.45, 7) is 0. The summed E-state index contributed by atoms with van der Waals surface area (Å²) in [5, 5.41) is 1.88. The minimum Gasteiger partial charge on any atom is -0.361 e. The van der Waals surface area contributed by atoms with Crippen LogP contribution in [0.1, 0.15) is 49.5 Å². The molecule has 4 aromatic rings. The molecule has 0 bridgehead atoms. The molecule has 1 N–H and O–H groups in total. The Balaban J connectivity index is 1.65. The maximum Gasteiger partial charge on any atom is 0.261 e. The highest BCUT2D eigenvalue weighted by Crippen LogP contribution is 2.29. The minimum atomic E-state index is 0.0797. The maximum absolute atomic E-state index is 13.3. The van der Waals surface area contributed by atoms with Gasteiger partial charge >= 0.3 is 0 Å². The van der Waals surface area contributed by atoms with Gasteiger partial charge in [-0.05, 0) is 48.8 Å². The molecule has 1 aliphatic carbocycles. The SMILES string of the molecule is O=c1c2ccccc2nc(/C=C/c2c[nH]c3ccccc23)n1C1CCCCC1. The predicted molar refractivity (Wildman–Crippen MR) is 115 cm³/mol. The molecule has 1 aliphatic rings. The van der Waals surface area contributed by atoms with Crippen molar-refractivity contribution in [3.8, 4) is 0 Å². The second-order valence-electron chi connectivity index (χ2n) is 7.58. The summed E-state index contributed by atoms with van der Waals surface area (Å²) in [7, 11) is 0. The second-order valence-corrected chi connectivity index (χ2v) is 7.58. The Bertz CT molecular complexity index is 1230. The first-order valence-corrected chi connectivity index (χ1v) is 10.1. The molecule has 0 atom stereocenters. The number of nitrogens with one attached hydrogen (secondary N) is 1. The van der Waals surface area contributed by atoms with Crippen LogP contribution in [0.2, 0.25) is 0 Å². The van der Waals surface area contributed by atoms with Crippen molar-refractivity contribution < 1.29 is 0 Å². The molecule has 140 valence electrons. The molecular weight excluding hydrogens is 346 g/mol. The number of rotatable bonds is 3. The molecule has 2 aromatic heterocycles. The third kappa shape index (κ3) is 2.95. The predicted octanol–water partition coefficient (Wildman–Crippen LogP) is 5.55. The Labute approximate surface area is 163 Å². The lowest BCUT2D eigenvalue weighted by Gasteiger charge is -2.25. The zero-order valence-corrected chi connectivity index (χ0v) is 15.8. The lowest BCUT2D eigenvalue weighted by atomic mass is 9.95. The number of hydrogen-bond acceptors (Lipinski definition) is 2. The number of nitrogens with zero attached hydrogens (tertiary/aromatic N) is 2. The van der Waals surface area contributed by atoms with Gasteiger partial charge in [-0.2, -0.15) is 0 Å². The summed E-state index contributed by atoms with van der Waals surface area (Å²) in [4.78, 5) is 21.5. The number of para-hydroxylation sites is 2. The van der Waals surface area contributed by atoms with Crippen LogP contribution in [0.25, 0.3) is 34.0 Å². The summed E-state index contributed by atoms with van der Waals surface area (Å²) >= 11 is 0. The van der Waals surface area contributed by atoms with Crippen LogP contribution >= 0.6 is 0 Å². The molecule has 5 rings (SSSR count). The van der Waals surface area contributed by atoms with Crippen LogP contribution in [0.5, 0.6) is 0 Å². The molecule has 2 heterocycles. The van der Waals surface area contributed by atoms with Crippen LogP contribution in [-0.4, -0.2) is 14.5 Å². The van der Waals surface area contributed by atoms with Crippen LogP contribution in [0, 0.1) is 0 Å². The molecule has 28 heavy (non-hydrogen) atoms. The number of benzene rings is 2. The standard InChI is InChI=1S/C24H23N3O/c28-24-20-11-5-7-13-22(20)26-23(27(24)18-8-2-1-3-9-18)15-14-17-16-25-21-12-6-4-10-19(17)21/h4-7,10-16,18,25H,1-3,8-9H2/b15-14+. The third-order valence-corrected chi connectivity index (χ3v) is 5.81. The molecule has 0 radical (unpaired) electrons. The van der Waals surface area contributed by atoms with E-state index < -0.39 is 0 Å². The molecule has 0 saturated heterocycles. The largest absolute Gasteiger partial charge is 0.361 e. The Morgan fingerprint density at radius 3 is 2.54 bits per heavy atom. The van der Waals surface area contributed by atoms with Crippen LogP contribution in [0.15, 0.2) is 59.5 Å². The van der Waals surface area contributed by atoms with Crippen LogP contribution < -0.4 is 5.56 Å². The smallest absolute Gasteiger partial charge is 0.261 e. The zero-order valence-electron chi connectivity index (χ0n) is 15.8. The van der Waals surface area contributed by atoms with E-state index in [1.165, 1.54) is 24.6 Å². The van der Waals surface area contributed by atoms with Gasteiger partial charge in [0.15, 0.2) is 0 Å². The van der Waals surface area contributed by atoms with Gasteiger partial charge in [0, 0.05) is 23.1 Å². The lowest BCUT2D eigenvalue weighted by molar-refractivity contribution is 0.343. The van der Waals surface area contributed by atoms with Crippen molar-refractivity contribution in [2.24, 2.45) is 0 Å². The van der Waals surface area contributed by atoms with Gasteiger partial charge in [-0.3, -0.25) is 9.36 Å². The van der Waals surface area contributed by atoms with Crippen molar-refractivity contribution in [1.82, 2.24) is 14.5 Å². The van der Waals surface area contributed by atoms with Crippen molar-refractivity contribution in [2.45, 2.75) is 38.1 Å². The second kappa shape index (κ2) is 7.12. The van der Waals surface area contributed by atoms with E-state index in [1.54, 1.807) is 0 Å². The third-order valence-electron chi connectivity index (χ3n) is 5.81. The van der Waals surface area contributed by atoms with Gasteiger partial charge < -0.3 is 4.98 Å². The molecule has 0 aliphatic heterocycles. The first-order chi connectivity index (χ1) is 13.8. The fraction of sp³-hybridized carbons (Fsp3) is 0.250. The van der Waals surface area contributed by atoms with Gasteiger partial charge in [0.2, 0.25) is 0 Å². The van der Waals surface area contributed by atoms with E-state index in [0.717, 1.165) is 35.3 Å². The average Bonchev–Trinajstić information content (AvgIpc) is 3.16. The number of aromatic nitrogens is 3. The van der Waals surface area contributed by atoms with E-state index in [9.17, 15) is 4.79 Å². The van der Waals surface area contributed by atoms with Gasteiger partial charge in [-0.1, -0.05) is 49.6 Å². The quantitative estimate of drug-likeness (QED) is 0.514. The molecule has 1 fully saturated rings. The highest BCUT2D eigenvalue weighted by Gasteiger charge is 2.20. The summed E-state index contributed by atoms with van der Waals surface area (Å²) in [5.41, 5.74) is 3.06. The lowest BCUT2D eigenvalue weighted by Crippen LogP contribution is -2.29. The van der Waals surface area contributed by atoms with Crippen molar-refractivity contribution in [2.75, 3.05) is 0 Å². The normalized spacial score (nSPS) is 15.7. The summed E-state index contributed by atoms with van der Waals surface area (Å²) in [5.74, 6) is 0.751. The first-order valence-electron chi connectivity index (χ1n) is 10.1. The van der Waals surface area contributed by atoms with Gasteiger partial charge in [0.05, 0.1) is 10.9 Å². The number of H-pyrrole nitrogens is 1. The van der Waals surface area contributed by atoms with Crippen LogP contribution in [0.3, 0.4) is 0 Å². The zero-order chi connectivity index (χ0) is 18.9. The van der Waals surface area contributed by atoms with E-state index in [2.05, 4.69) is 23.2 Å². The number of hydrogen-bond donors (Lipinski definition) is 1. The van der Waals surface area contributed by atoms with E-state index in [1.807, 2.05) is 53.2 Å². The molecule has 4 heteroatoms. The van der Waals surface area contributed by atoms with Crippen LogP contribution in [0.4, 0.5) is 0 Å². The fourth-order valence-electron chi connectivity index (χ4n) is 4.37. The Hall–Kier alpha value is -3.14. The molecule has 0 unspecified atom stereocenters. The summed E-state index contributed by atoms with van der Waals surface area (Å²) < 4.78 is 1.94. The number of aromatic amines is 1. The molecule has 0 amide bonds. The van der Waals surface area contributed by atoms with Gasteiger partial charge in [0.25, 0.3) is 5.56 Å². The monoisotopic (exact) mass is 369 g/mol. The van der Waals surface area contributed by atoms with Crippen molar-refractivity contribution in [3.05, 3.63) is 76.5 Å². The number of fused-ring (bicyclic) bond motifs is 2. The van der Waals surface area contributed by atoms with Gasteiger partial charge in [-0.15, -0.1) is 0 Å². The fourth-order valence-corrected chi connectivity index (χ4v) is 4.37. The summed E-state index contributed by atoms with van der Waals surface area (Å²) in [6, 6.07) is 16.1. The molecular formula is C24H23N3O. The summed E-state index contributed by atoms with van der Waals surface area (Å²) in [6.07, 6.45) is 11.8. The van der Waals surface area contributed by atoms with Crippen molar-refractivity contribution in [3.63, 3.8) is 0 Å². The molecule has 2 aromatic carbocycles. The van der Waals surface area contributed by atoms with E-state index in [0.29, 0.717) is 5.39 Å². The Morgan fingerprint density at radius 2 is 1.68 bits per heavy atom. The Kier molecular flexibility index (Phi) is 4.32. The average molecular weight is 369 g/mol. The van der Waals surface area contributed by atoms with Crippen LogP contribution in [-0.2, 0) is 0 Å². The maximum atomic E-state index is 13.3. The van der Waals surface area contributed by atoms with Gasteiger partial charge in [-0.25, -0.2) is 4.98 Å². The molecule has 1 saturated carbocycles. The molecule has 4 nitrogen and oxygen atoms in total. The highest BCUT2D eigenvalue weighted by molar-refractivity contribution is 5.91. The van der Waals surface area contributed by atoms with E-state index in [-0.39, 0.29) is 11.6 Å². The van der Waals surface area contributed by atoms with Gasteiger partial charge in [0.1, 0.15) is 5.82 Å². The highest BCUT2D eigenvalue weighted by atomic mass is 16.1. The van der Waals surface area contributed by atoms with E-state index in [4.69, 9.17) is 4.98 Å². The van der Waals surface area contributed by atoms with E-state index >= 15 is 0 Å². The first kappa shape index (κ1) is 17.0. The minimum absolute atomic E-state index is 0.0797. The topological polar surface area (TPSA) is 50.7 Å². The van der Waals surface area contributed by atoms with Crippen molar-refractivity contribution in [1.29, 1.82) is 0 Å². The molecule has 0 spiro atoms.